The Hall–Kier alpha value is -2.55. The monoisotopic (exact) mass is 426 g/mol. The fourth-order valence-electron chi connectivity index (χ4n) is 3.04. The Balaban J connectivity index is 1.89. The van der Waals surface area contributed by atoms with Gasteiger partial charge in [-0.25, -0.2) is 13.1 Å². The molecule has 0 aromatic heterocycles. The van der Waals surface area contributed by atoms with E-state index in [-0.39, 0.29) is 17.8 Å². The predicted molar refractivity (Wildman–Crippen MR) is 104 cm³/mol. The summed E-state index contributed by atoms with van der Waals surface area (Å²) >= 11 is 0. The summed E-state index contributed by atoms with van der Waals surface area (Å²) in [6, 6.07) is 8.38. The van der Waals surface area contributed by atoms with Gasteiger partial charge in [-0.1, -0.05) is 18.2 Å². The number of benzene rings is 2. The quantitative estimate of drug-likeness (QED) is 0.728. The van der Waals surface area contributed by atoms with Crippen molar-refractivity contribution >= 4 is 21.6 Å². The molecule has 0 atom stereocenters. The molecule has 0 heterocycles. The number of nitrogens with one attached hydrogen (secondary N) is 2. The van der Waals surface area contributed by atoms with E-state index in [0.29, 0.717) is 12.8 Å². The SMILES string of the molecule is Cc1cccc(C)c1CNc1cc(C(=O)NS(=O)(=O)C2CC2)ccc1C(F)(F)F. The second kappa shape index (κ2) is 7.70. The average Bonchev–Trinajstić information content (AvgIpc) is 3.45. The van der Waals surface area contributed by atoms with E-state index >= 15 is 0 Å². The van der Waals surface area contributed by atoms with Gasteiger partial charge in [-0.2, -0.15) is 13.2 Å². The number of carbonyl (C=O) groups excluding carboxylic acids is 1. The van der Waals surface area contributed by atoms with Crippen LogP contribution in [0.15, 0.2) is 36.4 Å². The molecule has 1 fully saturated rings. The van der Waals surface area contributed by atoms with Crippen LogP contribution in [0.1, 0.15) is 45.5 Å². The maximum Gasteiger partial charge on any atom is 0.418 e. The molecule has 2 N–H and O–H groups in total. The number of aryl methyl sites for hydroxylation is 2. The van der Waals surface area contributed by atoms with Gasteiger partial charge < -0.3 is 5.32 Å². The average molecular weight is 426 g/mol. The van der Waals surface area contributed by atoms with Crippen molar-refractivity contribution in [2.45, 2.75) is 44.7 Å². The van der Waals surface area contributed by atoms with Crippen LogP contribution in [0.3, 0.4) is 0 Å². The van der Waals surface area contributed by atoms with Crippen LogP contribution in [-0.4, -0.2) is 19.6 Å². The van der Waals surface area contributed by atoms with E-state index in [1.165, 1.54) is 0 Å². The van der Waals surface area contributed by atoms with Crippen LogP contribution in [0, 0.1) is 13.8 Å². The zero-order valence-corrected chi connectivity index (χ0v) is 16.7. The van der Waals surface area contributed by atoms with E-state index in [0.717, 1.165) is 34.9 Å². The third-order valence-electron chi connectivity index (χ3n) is 4.89. The molecular weight excluding hydrogens is 405 g/mol. The molecule has 156 valence electrons. The molecule has 1 aliphatic rings. The van der Waals surface area contributed by atoms with Crippen molar-refractivity contribution in [3.63, 3.8) is 0 Å². The van der Waals surface area contributed by atoms with E-state index in [2.05, 4.69) is 5.32 Å². The summed E-state index contributed by atoms with van der Waals surface area (Å²) in [5.41, 5.74) is 1.34. The number of halogens is 3. The van der Waals surface area contributed by atoms with E-state index in [1.807, 2.05) is 36.8 Å². The lowest BCUT2D eigenvalue weighted by Crippen LogP contribution is -2.33. The highest BCUT2D eigenvalue weighted by Crippen LogP contribution is 2.36. The van der Waals surface area contributed by atoms with Gasteiger partial charge in [-0.3, -0.25) is 4.79 Å². The molecule has 9 heteroatoms. The van der Waals surface area contributed by atoms with Gasteiger partial charge in [-0.15, -0.1) is 0 Å². The number of amides is 1. The highest BCUT2D eigenvalue weighted by atomic mass is 32.2. The Labute approximate surface area is 167 Å². The molecule has 0 bridgehead atoms. The first-order valence-corrected chi connectivity index (χ1v) is 10.6. The minimum atomic E-state index is -4.63. The summed E-state index contributed by atoms with van der Waals surface area (Å²) in [5, 5.41) is 2.15. The fraction of sp³-hybridized carbons (Fsp3) is 0.350. The summed E-state index contributed by atoms with van der Waals surface area (Å²) in [7, 11) is -3.79. The molecule has 0 unspecified atom stereocenters. The Kier molecular flexibility index (Phi) is 5.62. The molecular formula is C20H21F3N2O3S. The molecule has 5 nitrogen and oxygen atoms in total. The number of rotatable bonds is 6. The molecule has 0 radical (unpaired) electrons. The minimum absolute atomic E-state index is 0.132. The Morgan fingerprint density at radius 1 is 1.10 bits per heavy atom. The van der Waals surface area contributed by atoms with Gasteiger partial charge in [0.15, 0.2) is 0 Å². The lowest BCUT2D eigenvalue weighted by Gasteiger charge is -2.17. The second-order valence-electron chi connectivity index (χ2n) is 7.16. The smallest absolute Gasteiger partial charge is 0.380 e. The third kappa shape index (κ3) is 4.90. The standard InChI is InChI=1S/C20H21F3N2O3S/c1-12-4-3-5-13(2)16(12)11-24-18-10-14(6-9-17(18)20(21,22)23)19(26)25-29(27,28)15-7-8-15/h3-6,9-10,15,24H,7-8,11H2,1-2H3,(H,25,26). The van der Waals surface area contributed by atoms with Crippen molar-refractivity contribution in [2.75, 3.05) is 5.32 Å². The van der Waals surface area contributed by atoms with Crippen molar-refractivity contribution < 1.29 is 26.4 Å². The van der Waals surface area contributed by atoms with E-state index in [1.54, 1.807) is 0 Å². The van der Waals surface area contributed by atoms with Crippen LogP contribution in [0.2, 0.25) is 0 Å². The van der Waals surface area contributed by atoms with Gasteiger partial charge in [0.05, 0.1) is 10.8 Å². The number of hydrogen-bond acceptors (Lipinski definition) is 4. The lowest BCUT2D eigenvalue weighted by molar-refractivity contribution is -0.137. The second-order valence-corrected chi connectivity index (χ2v) is 9.12. The molecule has 0 spiro atoms. The van der Waals surface area contributed by atoms with Gasteiger partial charge in [0.1, 0.15) is 0 Å². The molecule has 3 rings (SSSR count). The Morgan fingerprint density at radius 2 is 1.72 bits per heavy atom. The molecule has 0 saturated heterocycles. The zero-order valence-electron chi connectivity index (χ0n) is 15.9. The molecule has 1 aliphatic carbocycles. The highest BCUT2D eigenvalue weighted by molar-refractivity contribution is 7.91. The van der Waals surface area contributed by atoms with Crippen molar-refractivity contribution in [1.29, 1.82) is 0 Å². The largest absolute Gasteiger partial charge is 0.418 e. The summed E-state index contributed by atoms with van der Waals surface area (Å²) in [6.45, 7) is 3.86. The molecule has 2 aromatic carbocycles. The number of hydrogen-bond donors (Lipinski definition) is 2. The first-order valence-electron chi connectivity index (χ1n) is 9.05. The summed E-state index contributed by atoms with van der Waals surface area (Å²) < 4.78 is 66.1. The minimum Gasteiger partial charge on any atom is -0.380 e. The van der Waals surface area contributed by atoms with Crippen molar-refractivity contribution in [3.8, 4) is 0 Å². The van der Waals surface area contributed by atoms with Crippen molar-refractivity contribution in [1.82, 2.24) is 4.72 Å². The Morgan fingerprint density at radius 3 is 2.28 bits per heavy atom. The fourth-order valence-corrected chi connectivity index (χ4v) is 4.34. The highest BCUT2D eigenvalue weighted by Gasteiger charge is 2.37. The summed E-state index contributed by atoms with van der Waals surface area (Å²) in [4.78, 5) is 12.3. The zero-order chi connectivity index (χ0) is 21.4. The summed E-state index contributed by atoms with van der Waals surface area (Å²) in [6.07, 6.45) is -3.69. The molecule has 0 aliphatic heterocycles. The van der Waals surface area contributed by atoms with Crippen LogP contribution < -0.4 is 10.0 Å². The normalized spacial score (nSPS) is 14.5. The Bertz CT molecular complexity index is 1030. The van der Waals surface area contributed by atoms with Gasteiger partial charge in [0.2, 0.25) is 10.0 Å². The molecule has 1 saturated carbocycles. The molecule has 2 aromatic rings. The number of sulfonamides is 1. The molecule has 1 amide bonds. The lowest BCUT2D eigenvalue weighted by atomic mass is 10.0. The van der Waals surface area contributed by atoms with Gasteiger partial charge in [0.25, 0.3) is 5.91 Å². The van der Waals surface area contributed by atoms with E-state index < -0.39 is 32.9 Å². The maximum atomic E-state index is 13.4. The molecule has 29 heavy (non-hydrogen) atoms. The van der Waals surface area contributed by atoms with E-state index in [4.69, 9.17) is 0 Å². The number of anilines is 1. The van der Waals surface area contributed by atoms with Crippen molar-refractivity contribution in [3.05, 3.63) is 64.2 Å². The third-order valence-corrected chi connectivity index (χ3v) is 6.70. The maximum absolute atomic E-state index is 13.4. The first kappa shape index (κ1) is 21.2. The first-order chi connectivity index (χ1) is 13.5. The van der Waals surface area contributed by atoms with Gasteiger partial charge in [0, 0.05) is 17.8 Å². The van der Waals surface area contributed by atoms with Gasteiger partial charge in [-0.05, 0) is 61.6 Å². The van der Waals surface area contributed by atoms with Crippen LogP contribution >= 0.6 is 0 Å². The van der Waals surface area contributed by atoms with Gasteiger partial charge >= 0.3 is 6.18 Å². The number of carbonyl (C=O) groups is 1. The summed E-state index contributed by atoms with van der Waals surface area (Å²) in [5.74, 6) is -0.944. The van der Waals surface area contributed by atoms with Crippen LogP contribution in [0.5, 0.6) is 0 Å². The van der Waals surface area contributed by atoms with Crippen molar-refractivity contribution in [2.24, 2.45) is 0 Å². The van der Waals surface area contributed by atoms with Crippen LogP contribution in [0.25, 0.3) is 0 Å². The van der Waals surface area contributed by atoms with Crippen LogP contribution in [0.4, 0.5) is 18.9 Å². The topological polar surface area (TPSA) is 75.3 Å². The predicted octanol–water partition coefficient (Wildman–Crippen LogP) is 4.16. The van der Waals surface area contributed by atoms with Crippen LogP contribution in [-0.2, 0) is 22.7 Å². The van der Waals surface area contributed by atoms with E-state index in [9.17, 15) is 26.4 Å². The number of alkyl halides is 3.